The fourth-order valence-corrected chi connectivity index (χ4v) is 6.32. The van der Waals surface area contributed by atoms with Crippen molar-refractivity contribution in [1.82, 2.24) is 0 Å². The topological polar surface area (TPSA) is 104 Å². The molecule has 0 saturated heterocycles. The first-order valence-corrected chi connectivity index (χ1v) is 12.2. The first kappa shape index (κ1) is 22.3. The first-order valence-electron chi connectivity index (χ1n) is 8.86. The maximum Gasteiger partial charge on any atom is 0.208 e. The molecule has 2 N–H and O–H groups in total. The van der Waals surface area contributed by atoms with Gasteiger partial charge in [0.15, 0.2) is 0 Å². The van der Waals surface area contributed by atoms with E-state index in [-0.39, 0.29) is 31.4 Å². The number of benzene rings is 3. The number of ether oxygens (including phenoxy) is 1. The molecule has 0 spiro atoms. The standard InChI is InChI=1S/C21H20ClNO5S2/c1-14(23)15-3-8-18(9-4-15)29(24,25)20-12-7-17(28-2)13-21(20)30(26,27)19-10-5-16(22)6-11-19/h3-14H,23H2,1-2H3. The van der Waals surface area contributed by atoms with Crippen LogP contribution in [0.15, 0.2) is 86.3 Å². The molecule has 0 aliphatic heterocycles. The number of halogens is 1. The van der Waals surface area contributed by atoms with Crippen LogP contribution < -0.4 is 10.5 Å². The molecule has 0 radical (unpaired) electrons. The Kier molecular flexibility index (Phi) is 6.24. The molecule has 158 valence electrons. The Labute approximate surface area is 181 Å². The molecule has 3 aromatic carbocycles. The van der Waals surface area contributed by atoms with Crippen molar-refractivity contribution in [1.29, 1.82) is 0 Å². The van der Waals surface area contributed by atoms with Crippen LogP contribution in [0.2, 0.25) is 5.02 Å². The summed E-state index contributed by atoms with van der Waals surface area (Å²) in [4.78, 5) is -0.833. The van der Waals surface area contributed by atoms with Crippen molar-refractivity contribution in [3.8, 4) is 5.75 Å². The van der Waals surface area contributed by atoms with E-state index in [1.807, 2.05) is 0 Å². The second-order valence-corrected chi connectivity index (χ2v) is 10.9. The van der Waals surface area contributed by atoms with E-state index in [9.17, 15) is 16.8 Å². The molecule has 1 atom stereocenters. The van der Waals surface area contributed by atoms with E-state index in [2.05, 4.69) is 0 Å². The van der Waals surface area contributed by atoms with Gasteiger partial charge in [-0.3, -0.25) is 0 Å². The monoisotopic (exact) mass is 465 g/mol. The number of hydrogen-bond acceptors (Lipinski definition) is 6. The predicted octanol–water partition coefficient (Wildman–Crippen LogP) is 4.03. The molecular formula is C21H20ClNO5S2. The molecule has 0 aromatic heterocycles. The van der Waals surface area contributed by atoms with E-state index >= 15 is 0 Å². The average molecular weight is 466 g/mol. The van der Waals surface area contributed by atoms with E-state index in [0.29, 0.717) is 5.02 Å². The van der Waals surface area contributed by atoms with Gasteiger partial charge in [-0.15, -0.1) is 0 Å². The Morgan fingerprint density at radius 2 is 1.30 bits per heavy atom. The van der Waals surface area contributed by atoms with Gasteiger partial charge in [0, 0.05) is 17.1 Å². The molecule has 0 fully saturated rings. The van der Waals surface area contributed by atoms with Gasteiger partial charge in [0.2, 0.25) is 19.7 Å². The minimum Gasteiger partial charge on any atom is -0.497 e. The maximum atomic E-state index is 13.3. The third-order valence-corrected chi connectivity index (χ3v) is 8.59. The minimum atomic E-state index is -4.17. The molecule has 30 heavy (non-hydrogen) atoms. The third kappa shape index (κ3) is 4.22. The summed E-state index contributed by atoms with van der Waals surface area (Å²) < 4.78 is 58.3. The van der Waals surface area contributed by atoms with Crippen molar-refractivity contribution in [2.24, 2.45) is 5.73 Å². The lowest BCUT2D eigenvalue weighted by atomic mass is 10.1. The van der Waals surface area contributed by atoms with Crippen LogP contribution in [0.1, 0.15) is 18.5 Å². The number of hydrogen-bond donors (Lipinski definition) is 1. The van der Waals surface area contributed by atoms with Crippen LogP contribution >= 0.6 is 11.6 Å². The van der Waals surface area contributed by atoms with Gasteiger partial charge in [-0.2, -0.15) is 0 Å². The fraction of sp³-hybridized carbons (Fsp3) is 0.143. The molecule has 6 nitrogen and oxygen atoms in total. The maximum absolute atomic E-state index is 13.3. The number of sulfone groups is 2. The van der Waals surface area contributed by atoms with Crippen LogP contribution in [0.3, 0.4) is 0 Å². The fourth-order valence-electron chi connectivity index (χ4n) is 2.87. The lowest BCUT2D eigenvalue weighted by Crippen LogP contribution is -2.12. The molecule has 0 bridgehead atoms. The second-order valence-electron chi connectivity index (χ2n) is 6.63. The lowest BCUT2D eigenvalue weighted by molar-refractivity contribution is 0.412. The summed E-state index contributed by atoms with van der Waals surface area (Å²) >= 11 is 5.85. The van der Waals surface area contributed by atoms with Crippen LogP contribution in [0, 0.1) is 0 Å². The van der Waals surface area contributed by atoms with Crippen molar-refractivity contribution in [2.45, 2.75) is 32.5 Å². The summed E-state index contributed by atoms with van der Waals surface area (Å²) in [5.41, 5.74) is 6.58. The van der Waals surface area contributed by atoms with Gasteiger partial charge in [-0.25, -0.2) is 16.8 Å². The highest BCUT2D eigenvalue weighted by Gasteiger charge is 2.30. The van der Waals surface area contributed by atoms with Gasteiger partial charge in [0.1, 0.15) is 5.75 Å². The molecular weight excluding hydrogens is 446 g/mol. The van der Waals surface area contributed by atoms with Gasteiger partial charge in [0.05, 0.1) is 26.7 Å². The largest absolute Gasteiger partial charge is 0.497 e. The lowest BCUT2D eigenvalue weighted by Gasteiger charge is -2.14. The Bertz CT molecular complexity index is 1270. The zero-order valence-electron chi connectivity index (χ0n) is 16.2. The Morgan fingerprint density at radius 1 is 0.800 bits per heavy atom. The van der Waals surface area contributed by atoms with Crippen molar-refractivity contribution in [3.63, 3.8) is 0 Å². The normalized spacial score (nSPS) is 13.1. The van der Waals surface area contributed by atoms with Gasteiger partial charge < -0.3 is 10.5 Å². The van der Waals surface area contributed by atoms with Gasteiger partial charge >= 0.3 is 0 Å². The molecule has 9 heteroatoms. The highest BCUT2D eigenvalue weighted by Crippen LogP contribution is 2.34. The summed E-state index contributed by atoms with van der Waals surface area (Å²) in [6.07, 6.45) is 0. The Hall–Kier alpha value is -2.39. The van der Waals surface area contributed by atoms with Crippen LogP contribution in [0.4, 0.5) is 0 Å². The second kappa shape index (κ2) is 8.39. The minimum absolute atomic E-state index is 0.0374. The summed E-state index contributed by atoms with van der Waals surface area (Å²) in [7, 11) is -6.94. The third-order valence-electron chi connectivity index (χ3n) is 4.57. The molecule has 1 unspecified atom stereocenters. The van der Waals surface area contributed by atoms with Gasteiger partial charge in [-0.1, -0.05) is 23.7 Å². The van der Waals surface area contributed by atoms with E-state index in [4.69, 9.17) is 22.1 Å². The highest BCUT2D eigenvalue weighted by atomic mass is 35.5. The SMILES string of the molecule is COc1ccc(S(=O)(=O)c2ccc(C(C)N)cc2)c(S(=O)(=O)c2ccc(Cl)cc2)c1. The first-order chi connectivity index (χ1) is 14.1. The van der Waals surface area contributed by atoms with E-state index in [0.717, 1.165) is 5.56 Å². The van der Waals surface area contributed by atoms with Crippen molar-refractivity contribution >= 4 is 31.3 Å². The average Bonchev–Trinajstić information content (AvgIpc) is 2.73. The zero-order chi connectivity index (χ0) is 22.1. The van der Waals surface area contributed by atoms with Crippen molar-refractivity contribution in [3.05, 3.63) is 77.3 Å². The molecule has 0 aliphatic carbocycles. The molecule has 3 aromatic rings. The quantitative estimate of drug-likeness (QED) is 0.589. The van der Waals surface area contributed by atoms with Gasteiger partial charge in [0.25, 0.3) is 0 Å². The summed E-state index contributed by atoms with van der Waals surface area (Å²) in [6.45, 7) is 1.78. The van der Waals surface area contributed by atoms with E-state index in [1.54, 1.807) is 19.1 Å². The van der Waals surface area contributed by atoms with Crippen LogP contribution in [-0.2, 0) is 19.7 Å². The van der Waals surface area contributed by atoms with E-state index < -0.39 is 19.7 Å². The van der Waals surface area contributed by atoms with Crippen LogP contribution in [0.5, 0.6) is 5.75 Å². The smallest absolute Gasteiger partial charge is 0.208 e. The predicted molar refractivity (Wildman–Crippen MR) is 114 cm³/mol. The summed E-state index contributed by atoms with van der Waals surface area (Å²) in [6, 6.07) is 15.1. The zero-order valence-corrected chi connectivity index (χ0v) is 18.6. The summed E-state index contributed by atoms with van der Waals surface area (Å²) in [5.74, 6) is 0.216. The summed E-state index contributed by atoms with van der Waals surface area (Å²) in [5, 5.41) is 0.363. The Balaban J connectivity index is 2.21. The van der Waals surface area contributed by atoms with Crippen molar-refractivity contribution < 1.29 is 21.6 Å². The number of rotatable bonds is 6. The van der Waals surface area contributed by atoms with Crippen LogP contribution in [-0.4, -0.2) is 23.9 Å². The Morgan fingerprint density at radius 3 is 1.80 bits per heavy atom. The van der Waals surface area contributed by atoms with Gasteiger partial charge in [-0.05, 0) is 61.0 Å². The number of methoxy groups -OCH3 is 1. The van der Waals surface area contributed by atoms with E-state index in [1.165, 1.54) is 61.7 Å². The van der Waals surface area contributed by atoms with Crippen LogP contribution in [0.25, 0.3) is 0 Å². The molecule has 0 amide bonds. The number of nitrogens with two attached hydrogens (primary N) is 1. The molecule has 0 heterocycles. The molecule has 3 rings (SSSR count). The van der Waals surface area contributed by atoms with Crippen molar-refractivity contribution in [2.75, 3.05) is 7.11 Å². The molecule has 0 aliphatic rings. The molecule has 0 saturated carbocycles. The highest BCUT2D eigenvalue weighted by molar-refractivity contribution is 7.94.